The predicted molar refractivity (Wildman–Crippen MR) is 182 cm³/mol. The fourth-order valence-electron chi connectivity index (χ4n) is 7.83. The molecule has 0 bridgehead atoms. The number of esters is 1. The lowest BCUT2D eigenvalue weighted by Gasteiger charge is -2.40. The molecule has 0 spiro atoms. The van der Waals surface area contributed by atoms with Crippen molar-refractivity contribution < 1.29 is 33.8 Å². The molecule has 7 unspecified atom stereocenters. The number of aliphatic hydroxyl groups is 1. The topological polar surface area (TPSA) is 180 Å². The Morgan fingerprint density at radius 1 is 0.959 bits per heavy atom. The van der Waals surface area contributed by atoms with Gasteiger partial charge in [-0.1, -0.05) is 66.2 Å². The van der Waals surface area contributed by atoms with E-state index in [1.807, 2.05) is 27.7 Å². The van der Waals surface area contributed by atoms with Crippen LogP contribution in [-0.2, 0) is 23.9 Å². The molecule has 7 atom stereocenters. The molecule has 49 heavy (non-hydrogen) atoms. The number of nitrogens with one attached hydrogen (secondary N) is 3. The third kappa shape index (κ3) is 9.55. The molecule has 2 saturated carbocycles. The summed E-state index contributed by atoms with van der Waals surface area (Å²) in [5.74, 6) is -2.53. The number of fused-ring (bicyclic) bond motifs is 1. The SMILES string of the molecule is CCCC(NC(=O)C1CC2CCCCC2N1C(=O)C(NC(=O)C(NC(=O)c1cnccn1)C1CCCCC1)C(C)(C)C)C(O)C(=O)OCC. The number of likely N-dealkylation sites (tertiary alicyclic amines) is 1. The monoisotopic (exact) mass is 684 g/mol. The Labute approximate surface area is 290 Å². The van der Waals surface area contributed by atoms with Gasteiger partial charge in [0.2, 0.25) is 17.7 Å². The zero-order chi connectivity index (χ0) is 35.7. The largest absolute Gasteiger partial charge is 0.464 e. The van der Waals surface area contributed by atoms with Crippen LogP contribution in [0.1, 0.15) is 122 Å². The minimum absolute atomic E-state index is 0.0997. The molecule has 1 aromatic rings. The van der Waals surface area contributed by atoms with Crippen LogP contribution in [-0.4, -0.2) is 92.5 Å². The second-order valence-corrected chi connectivity index (χ2v) is 15.0. The lowest BCUT2D eigenvalue weighted by molar-refractivity contribution is -0.155. The first kappa shape index (κ1) is 38.2. The predicted octanol–water partition coefficient (Wildman–Crippen LogP) is 3.05. The summed E-state index contributed by atoms with van der Waals surface area (Å²) in [5.41, 5.74) is -0.638. The molecule has 4 rings (SSSR count). The first-order valence-corrected chi connectivity index (χ1v) is 18.2. The van der Waals surface area contributed by atoms with Gasteiger partial charge in [-0.25, -0.2) is 9.78 Å². The number of aliphatic hydroxyl groups excluding tert-OH is 1. The van der Waals surface area contributed by atoms with Crippen molar-refractivity contribution in [3.05, 3.63) is 24.3 Å². The molecule has 3 fully saturated rings. The molecule has 13 heteroatoms. The lowest BCUT2D eigenvalue weighted by Crippen LogP contribution is -2.63. The number of aromatic nitrogens is 2. The van der Waals surface area contributed by atoms with Crippen LogP contribution in [0, 0.1) is 17.3 Å². The van der Waals surface area contributed by atoms with Gasteiger partial charge in [0, 0.05) is 18.4 Å². The Hall–Kier alpha value is -3.61. The Bertz CT molecular complexity index is 1300. The highest BCUT2D eigenvalue weighted by Gasteiger charge is 2.51. The van der Waals surface area contributed by atoms with Crippen LogP contribution >= 0.6 is 0 Å². The van der Waals surface area contributed by atoms with Crippen molar-refractivity contribution in [1.82, 2.24) is 30.8 Å². The number of carbonyl (C=O) groups is 5. The molecule has 0 aromatic carbocycles. The summed E-state index contributed by atoms with van der Waals surface area (Å²) in [5, 5.41) is 19.6. The summed E-state index contributed by atoms with van der Waals surface area (Å²) in [4.78, 5) is 78.4. The standard InChI is InChI=1S/C36H56N6O7/c1-6-13-24(29(43)35(48)49-7-2)39-32(45)27-20-23-16-11-12-17-26(23)42(27)34(47)30(36(3,4)5)41-33(46)28(22-14-9-8-10-15-22)40-31(44)25-21-37-18-19-38-25/h18-19,21-24,26-30,43H,6-17,20H2,1-5H3,(H,39,45)(H,40,44)(H,41,46). The van der Waals surface area contributed by atoms with E-state index in [0.29, 0.717) is 19.3 Å². The van der Waals surface area contributed by atoms with E-state index < -0.39 is 59.4 Å². The summed E-state index contributed by atoms with van der Waals surface area (Å²) >= 11 is 0. The Morgan fingerprint density at radius 3 is 2.29 bits per heavy atom. The lowest BCUT2D eigenvalue weighted by atomic mass is 9.81. The minimum Gasteiger partial charge on any atom is -0.464 e. The summed E-state index contributed by atoms with van der Waals surface area (Å²) in [6, 6.07) is -3.76. The van der Waals surface area contributed by atoms with Crippen LogP contribution in [0.4, 0.5) is 0 Å². The van der Waals surface area contributed by atoms with E-state index in [0.717, 1.165) is 57.8 Å². The molecule has 272 valence electrons. The smallest absolute Gasteiger partial charge is 0.337 e. The molecular formula is C36H56N6O7. The number of nitrogens with zero attached hydrogens (tertiary/aromatic N) is 3. The van der Waals surface area contributed by atoms with Crippen molar-refractivity contribution >= 4 is 29.6 Å². The van der Waals surface area contributed by atoms with Gasteiger partial charge in [-0.3, -0.25) is 24.2 Å². The van der Waals surface area contributed by atoms with Crippen molar-refractivity contribution in [1.29, 1.82) is 0 Å². The van der Waals surface area contributed by atoms with Crippen LogP contribution in [0.25, 0.3) is 0 Å². The number of hydrogen-bond acceptors (Lipinski definition) is 9. The highest BCUT2D eigenvalue weighted by atomic mass is 16.5. The molecule has 2 heterocycles. The molecule has 13 nitrogen and oxygen atoms in total. The number of rotatable bonds is 13. The van der Waals surface area contributed by atoms with Crippen molar-refractivity contribution in [3.63, 3.8) is 0 Å². The molecule has 2 aliphatic carbocycles. The average Bonchev–Trinajstić information content (AvgIpc) is 3.49. The van der Waals surface area contributed by atoms with Crippen LogP contribution < -0.4 is 16.0 Å². The maximum Gasteiger partial charge on any atom is 0.337 e. The molecule has 0 radical (unpaired) electrons. The van der Waals surface area contributed by atoms with Crippen molar-refractivity contribution in [2.75, 3.05) is 6.61 Å². The average molecular weight is 685 g/mol. The van der Waals surface area contributed by atoms with Gasteiger partial charge in [0.1, 0.15) is 23.8 Å². The highest BCUT2D eigenvalue weighted by molar-refractivity contribution is 5.98. The maximum absolute atomic E-state index is 14.8. The highest BCUT2D eigenvalue weighted by Crippen LogP contribution is 2.41. The maximum atomic E-state index is 14.8. The summed E-state index contributed by atoms with van der Waals surface area (Å²) in [6.45, 7) is 9.27. The Balaban J connectivity index is 1.60. The van der Waals surface area contributed by atoms with Gasteiger partial charge >= 0.3 is 5.97 Å². The van der Waals surface area contributed by atoms with Gasteiger partial charge in [-0.05, 0) is 62.7 Å². The number of ether oxygens (including phenoxy) is 1. The van der Waals surface area contributed by atoms with E-state index in [4.69, 9.17) is 4.74 Å². The first-order chi connectivity index (χ1) is 23.4. The van der Waals surface area contributed by atoms with Gasteiger partial charge in [0.25, 0.3) is 5.91 Å². The first-order valence-electron chi connectivity index (χ1n) is 18.2. The van der Waals surface area contributed by atoms with Crippen molar-refractivity contribution in [2.24, 2.45) is 17.3 Å². The molecule has 4 amide bonds. The molecule has 3 aliphatic rings. The Morgan fingerprint density at radius 2 is 1.65 bits per heavy atom. The van der Waals surface area contributed by atoms with E-state index in [1.165, 1.54) is 18.6 Å². The van der Waals surface area contributed by atoms with Crippen molar-refractivity contribution in [3.8, 4) is 0 Å². The third-order valence-corrected chi connectivity index (χ3v) is 10.4. The molecule has 4 N–H and O–H groups in total. The third-order valence-electron chi connectivity index (χ3n) is 10.4. The van der Waals surface area contributed by atoms with E-state index in [-0.39, 0.29) is 36.1 Å². The molecule has 1 aliphatic heterocycles. The van der Waals surface area contributed by atoms with Crippen LogP contribution in [0.5, 0.6) is 0 Å². The van der Waals surface area contributed by atoms with Crippen LogP contribution in [0.2, 0.25) is 0 Å². The molecular weight excluding hydrogens is 628 g/mol. The zero-order valence-electron chi connectivity index (χ0n) is 29.8. The van der Waals surface area contributed by atoms with Gasteiger partial charge in [0.15, 0.2) is 6.10 Å². The number of carbonyl (C=O) groups excluding carboxylic acids is 5. The van der Waals surface area contributed by atoms with Crippen LogP contribution in [0.3, 0.4) is 0 Å². The minimum atomic E-state index is -1.54. The van der Waals surface area contributed by atoms with Gasteiger partial charge in [-0.15, -0.1) is 0 Å². The van der Waals surface area contributed by atoms with Gasteiger partial charge in [-0.2, -0.15) is 0 Å². The molecule has 1 saturated heterocycles. The normalized spacial score (nSPS) is 23.7. The van der Waals surface area contributed by atoms with Gasteiger partial charge < -0.3 is 30.7 Å². The van der Waals surface area contributed by atoms with Gasteiger partial charge in [0.05, 0.1) is 18.8 Å². The van der Waals surface area contributed by atoms with E-state index in [9.17, 15) is 29.1 Å². The fraction of sp³-hybridized carbons (Fsp3) is 0.750. The van der Waals surface area contributed by atoms with Crippen molar-refractivity contribution in [2.45, 2.75) is 148 Å². The second-order valence-electron chi connectivity index (χ2n) is 15.0. The van der Waals surface area contributed by atoms with E-state index in [2.05, 4.69) is 25.9 Å². The summed E-state index contributed by atoms with van der Waals surface area (Å²) in [7, 11) is 0. The van der Waals surface area contributed by atoms with E-state index >= 15 is 0 Å². The zero-order valence-corrected chi connectivity index (χ0v) is 29.8. The summed E-state index contributed by atoms with van der Waals surface area (Å²) in [6.07, 6.45) is 12.1. The number of amides is 4. The second kappa shape index (κ2) is 17.4. The summed E-state index contributed by atoms with van der Waals surface area (Å²) < 4.78 is 5.01. The molecule has 1 aromatic heterocycles. The van der Waals surface area contributed by atoms with E-state index in [1.54, 1.807) is 11.8 Å². The number of hydrogen-bond donors (Lipinski definition) is 4. The fourth-order valence-corrected chi connectivity index (χ4v) is 7.83. The Kier molecular flexibility index (Phi) is 13.5. The van der Waals surface area contributed by atoms with Crippen LogP contribution in [0.15, 0.2) is 18.6 Å². The quantitative estimate of drug-likeness (QED) is 0.227.